The quantitative estimate of drug-likeness (QED) is 0.712. The lowest BCUT2D eigenvalue weighted by molar-refractivity contribution is 0.487. The van der Waals surface area contributed by atoms with E-state index >= 15 is 0 Å². The summed E-state index contributed by atoms with van der Waals surface area (Å²) in [6, 6.07) is 5.64. The van der Waals surface area contributed by atoms with Crippen LogP contribution in [0.1, 0.15) is 18.9 Å². The molecule has 0 unspecified atom stereocenters. The first-order chi connectivity index (χ1) is 9.72. The van der Waals surface area contributed by atoms with Crippen molar-refractivity contribution in [3.63, 3.8) is 0 Å². The van der Waals surface area contributed by atoms with Gasteiger partial charge in [0.1, 0.15) is 5.52 Å². The van der Waals surface area contributed by atoms with Crippen molar-refractivity contribution in [1.82, 2.24) is 19.7 Å². The van der Waals surface area contributed by atoms with E-state index in [1.165, 1.54) is 11.8 Å². The van der Waals surface area contributed by atoms with Gasteiger partial charge in [-0.05, 0) is 25.0 Å². The van der Waals surface area contributed by atoms with Gasteiger partial charge in [-0.15, -0.1) is 5.10 Å². The van der Waals surface area contributed by atoms with Gasteiger partial charge in [0.05, 0.1) is 5.69 Å². The van der Waals surface area contributed by atoms with Crippen molar-refractivity contribution < 1.29 is 4.42 Å². The van der Waals surface area contributed by atoms with Gasteiger partial charge in [0, 0.05) is 17.8 Å². The highest BCUT2D eigenvalue weighted by molar-refractivity contribution is 7.99. The van der Waals surface area contributed by atoms with Crippen LogP contribution in [0.5, 0.6) is 0 Å². The summed E-state index contributed by atoms with van der Waals surface area (Å²) in [5, 5.41) is 7.49. The van der Waals surface area contributed by atoms with Gasteiger partial charge < -0.3 is 10.2 Å². The molecule has 0 radical (unpaired) electrons. The second kappa shape index (κ2) is 4.14. The molecule has 1 saturated carbocycles. The fourth-order valence-electron chi connectivity index (χ4n) is 2.09. The van der Waals surface area contributed by atoms with E-state index in [0.29, 0.717) is 27.2 Å². The Bertz CT molecular complexity index is 845. The zero-order valence-electron chi connectivity index (χ0n) is 10.4. The number of H-pyrrole nitrogens is 1. The van der Waals surface area contributed by atoms with Gasteiger partial charge >= 0.3 is 5.69 Å². The van der Waals surface area contributed by atoms with Crippen molar-refractivity contribution in [1.29, 1.82) is 0 Å². The fourth-order valence-corrected chi connectivity index (χ4v) is 2.93. The maximum absolute atomic E-state index is 11.7. The average molecular weight is 289 g/mol. The van der Waals surface area contributed by atoms with E-state index in [-0.39, 0.29) is 11.7 Å². The second-order valence-corrected chi connectivity index (χ2v) is 5.61. The summed E-state index contributed by atoms with van der Waals surface area (Å²) in [6.45, 7) is 0. The standard InChI is InChI=1S/C12H11N5O2S/c13-7-2-1-3-8-9(7)14-12(19-8)20-11-16-15-10(18)17(11)6-4-5-6/h1-3,6H,4-5,13H2,(H,15,18). The predicted octanol–water partition coefficient (Wildman–Crippen LogP) is 1.78. The van der Waals surface area contributed by atoms with Crippen molar-refractivity contribution in [2.45, 2.75) is 29.3 Å². The van der Waals surface area contributed by atoms with Crippen molar-refractivity contribution in [2.75, 3.05) is 5.73 Å². The monoisotopic (exact) mass is 289 g/mol. The van der Waals surface area contributed by atoms with E-state index in [1.54, 1.807) is 16.7 Å². The molecule has 0 saturated heterocycles. The first-order valence-electron chi connectivity index (χ1n) is 6.22. The molecule has 1 aliphatic rings. The van der Waals surface area contributed by atoms with Crippen LogP contribution in [-0.2, 0) is 0 Å². The SMILES string of the molecule is Nc1cccc2oc(Sc3n[nH]c(=O)n3C3CC3)nc12. The van der Waals surface area contributed by atoms with Gasteiger partial charge in [0.2, 0.25) is 5.16 Å². The number of aromatic nitrogens is 4. The van der Waals surface area contributed by atoms with E-state index in [4.69, 9.17) is 10.2 Å². The van der Waals surface area contributed by atoms with Crippen LogP contribution in [0.4, 0.5) is 5.69 Å². The Kier molecular flexibility index (Phi) is 2.40. The van der Waals surface area contributed by atoms with Gasteiger partial charge in [-0.25, -0.2) is 14.9 Å². The van der Waals surface area contributed by atoms with E-state index in [1.807, 2.05) is 6.07 Å². The summed E-state index contributed by atoms with van der Waals surface area (Å²) in [5.74, 6) is 0. The molecule has 3 N–H and O–H groups in total. The Balaban J connectivity index is 1.74. The number of nitrogens with one attached hydrogen (secondary N) is 1. The third kappa shape index (κ3) is 1.80. The highest BCUT2D eigenvalue weighted by atomic mass is 32.2. The second-order valence-electron chi connectivity index (χ2n) is 4.69. The number of nitrogen functional groups attached to an aromatic ring is 1. The van der Waals surface area contributed by atoms with Crippen LogP contribution in [0, 0.1) is 0 Å². The number of anilines is 1. The molecule has 0 amide bonds. The number of hydrogen-bond donors (Lipinski definition) is 2. The van der Waals surface area contributed by atoms with Gasteiger partial charge in [-0.2, -0.15) is 0 Å². The minimum absolute atomic E-state index is 0.189. The van der Waals surface area contributed by atoms with Crippen molar-refractivity contribution in [2.24, 2.45) is 0 Å². The Hall–Kier alpha value is -2.22. The van der Waals surface area contributed by atoms with Gasteiger partial charge in [-0.1, -0.05) is 6.07 Å². The Morgan fingerprint density at radius 1 is 1.45 bits per heavy atom. The molecule has 1 aromatic carbocycles. The first kappa shape index (κ1) is 11.6. The number of aromatic amines is 1. The number of nitrogens with zero attached hydrogens (tertiary/aromatic N) is 3. The summed E-state index contributed by atoms with van der Waals surface area (Å²) < 4.78 is 7.28. The number of benzene rings is 1. The number of oxazole rings is 1. The van der Waals surface area contributed by atoms with Crippen LogP contribution in [0.25, 0.3) is 11.1 Å². The molecular formula is C12H11N5O2S. The van der Waals surface area contributed by atoms with Crippen LogP contribution in [0.3, 0.4) is 0 Å². The van der Waals surface area contributed by atoms with Crippen LogP contribution < -0.4 is 11.4 Å². The molecule has 3 aromatic rings. The first-order valence-corrected chi connectivity index (χ1v) is 7.04. The summed E-state index contributed by atoms with van der Waals surface area (Å²) >= 11 is 1.23. The lowest BCUT2D eigenvalue weighted by Gasteiger charge is -1.99. The molecule has 0 bridgehead atoms. The van der Waals surface area contributed by atoms with E-state index in [2.05, 4.69) is 15.2 Å². The summed E-state index contributed by atoms with van der Waals surface area (Å²) in [4.78, 5) is 16.0. The van der Waals surface area contributed by atoms with Gasteiger partial charge in [0.25, 0.3) is 5.22 Å². The Morgan fingerprint density at radius 3 is 3.05 bits per heavy atom. The Morgan fingerprint density at radius 2 is 2.30 bits per heavy atom. The maximum atomic E-state index is 11.7. The lowest BCUT2D eigenvalue weighted by Crippen LogP contribution is -2.15. The summed E-state index contributed by atoms with van der Waals surface area (Å²) in [5.41, 5.74) is 7.48. The van der Waals surface area contributed by atoms with Crippen molar-refractivity contribution >= 4 is 28.5 Å². The van der Waals surface area contributed by atoms with Crippen LogP contribution in [-0.4, -0.2) is 19.7 Å². The molecule has 1 fully saturated rings. The molecule has 102 valence electrons. The lowest BCUT2D eigenvalue weighted by atomic mass is 10.3. The number of hydrogen-bond acceptors (Lipinski definition) is 6. The summed E-state index contributed by atoms with van der Waals surface area (Å²) in [6.07, 6.45) is 2.01. The molecule has 1 aliphatic carbocycles. The largest absolute Gasteiger partial charge is 0.431 e. The molecule has 4 rings (SSSR count). The normalized spacial score (nSPS) is 15.0. The molecule has 2 heterocycles. The van der Waals surface area contributed by atoms with Crippen LogP contribution >= 0.6 is 11.8 Å². The van der Waals surface area contributed by atoms with E-state index in [0.717, 1.165) is 12.8 Å². The minimum atomic E-state index is -0.189. The molecular weight excluding hydrogens is 278 g/mol. The maximum Gasteiger partial charge on any atom is 0.344 e. The number of nitrogens with two attached hydrogens (primary N) is 1. The highest BCUT2D eigenvalue weighted by Gasteiger charge is 2.29. The molecule has 20 heavy (non-hydrogen) atoms. The van der Waals surface area contributed by atoms with Crippen LogP contribution in [0.2, 0.25) is 0 Å². The molecule has 8 heteroatoms. The zero-order chi connectivity index (χ0) is 13.7. The molecule has 0 spiro atoms. The molecule has 0 atom stereocenters. The number of rotatable bonds is 3. The molecule has 2 aromatic heterocycles. The minimum Gasteiger partial charge on any atom is -0.431 e. The van der Waals surface area contributed by atoms with E-state index < -0.39 is 0 Å². The van der Waals surface area contributed by atoms with Crippen molar-refractivity contribution in [3.8, 4) is 0 Å². The molecule has 7 nitrogen and oxygen atoms in total. The third-order valence-corrected chi connectivity index (χ3v) is 4.01. The Labute approximate surface area is 117 Å². The number of para-hydroxylation sites is 1. The molecule has 0 aliphatic heterocycles. The van der Waals surface area contributed by atoms with Crippen LogP contribution in [0.15, 0.2) is 37.8 Å². The van der Waals surface area contributed by atoms with Gasteiger partial charge in [0.15, 0.2) is 5.58 Å². The third-order valence-electron chi connectivity index (χ3n) is 3.19. The summed E-state index contributed by atoms with van der Waals surface area (Å²) in [7, 11) is 0. The fraction of sp³-hybridized carbons (Fsp3) is 0.250. The smallest absolute Gasteiger partial charge is 0.344 e. The predicted molar refractivity (Wildman–Crippen MR) is 73.7 cm³/mol. The highest BCUT2D eigenvalue weighted by Crippen LogP contribution is 2.38. The average Bonchev–Trinajstić information content (AvgIpc) is 3.06. The van der Waals surface area contributed by atoms with E-state index in [9.17, 15) is 4.79 Å². The number of fused-ring (bicyclic) bond motifs is 1. The zero-order valence-corrected chi connectivity index (χ0v) is 11.2. The topological polar surface area (TPSA) is 103 Å². The van der Waals surface area contributed by atoms with Crippen molar-refractivity contribution in [3.05, 3.63) is 28.7 Å². The van der Waals surface area contributed by atoms with Gasteiger partial charge in [-0.3, -0.25) is 4.57 Å².